The van der Waals surface area contributed by atoms with Crippen molar-refractivity contribution in [3.05, 3.63) is 93.3 Å². The number of amides is 2. The summed E-state index contributed by atoms with van der Waals surface area (Å²) in [5, 5.41) is 7.39. The number of hydrogen-bond donors (Lipinski definition) is 4. The molecule has 220 valence electrons. The molecule has 0 unspecified atom stereocenters. The number of benzene rings is 2. The molecule has 0 spiro atoms. The van der Waals surface area contributed by atoms with Gasteiger partial charge < -0.3 is 15.4 Å². The van der Waals surface area contributed by atoms with Gasteiger partial charge in [-0.3, -0.25) is 14.1 Å². The lowest BCUT2D eigenvalue weighted by molar-refractivity contribution is -0.123. The highest BCUT2D eigenvalue weighted by Crippen LogP contribution is 2.25. The Bertz CT molecular complexity index is 1590. The molecule has 0 bridgehead atoms. The molecule has 0 saturated carbocycles. The zero-order valence-electron chi connectivity index (χ0n) is 22.2. The van der Waals surface area contributed by atoms with Gasteiger partial charge in [0.15, 0.2) is 9.84 Å². The number of thiazole rings is 1. The molecule has 3 rings (SSSR count). The van der Waals surface area contributed by atoms with E-state index in [2.05, 4.69) is 22.2 Å². The predicted octanol–water partition coefficient (Wildman–Crippen LogP) is 3.17. The Hall–Kier alpha value is -3.79. The van der Waals surface area contributed by atoms with Gasteiger partial charge in [0.05, 0.1) is 24.5 Å². The Labute approximate surface area is 242 Å². The van der Waals surface area contributed by atoms with Crippen molar-refractivity contribution in [2.24, 2.45) is 0 Å². The molecule has 0 aliphatic heterocycles. The number of methoxy groups -OCH3 is 1. The molecule has 2 aromatic carbocycles. The van der Waals surface area contributed by atoms with Crippen molar-refractivity contribution in [2.75, 3.05) is 11.8 Å². The molecule has 3 aromatic rings. The number of carbonyl (C=O) groups is 2. The molecule has 0 fully saturated rings. The van der Waals surface area contributed by atoms with Gasteiger partial charge in [0, 0.05) is 16.7 Å². The van der Waals surface area contributed by atoms with Gasteiger partial charge in [0.2, 0.25) is 5.91 Å². The van der Waals surface area contributed by atoms with E-state index >= 15 is 0 Å². The van der Waals surface area contributed by atoms with Crippen LogP contribution in [0.4, 0.5) is 10.5 Å². The molecule has 12 nitrogen and oxygen atoms in total. The van der Waals surface area contributed by atoms with Gasteiger partial charge in [-0.25, -0.2) is 18.2 Å². The molecule has 1 aromatic heterocycles. The van der Waals surface area contributed by atoms with E-state index in [1.165, 1.54) is 26.2 Å². The number of nitrogens with one attached hydrogen (secondary N) is 3. The first-order valence-electron chi connectivity index (χ1n) is 12.1. The normalized spacial score (nSPS) is 13.0. The minimum Gasteiger partial charge on any atom is -0.453 e. The van der Waals surface area contributed by atoms with Crippen LogP contribution >= 0.6 is 11.3 Å². The quantitative estimate of drug-likeness (QED) is 0.208. The van der Waals surface area contributed by atoms with E-state index < -0.39 is 44.2 Å². The topological polar surface area (TPSA) is 181 Å². The third kappa shape index (κ3) is 9.97. The third-order valence-electron chi connectivity index (χ3n) is 5.80. The number of hydrogen-bond acceptors (Lipinski definition) is 9. The van der Waals surface area contributed by atoms with Crippen molar-refractivity contribution in [2.45, 2.75) is 37.6 Å². The number of aromatic nitrogens is 1. The predicted molar refractivity (Wildman–Crippen MR) is 155 cm³/mol. The van der Waals surface area contributed by atoms with E-state index in [-0.39, 0.29) is 29.2 Å². The van der Waals surface area contributed by atoms with Crippen molar-refractivity contribution in [3.63, 3.8) is 0 Å². The number of sulfone groups is 1. The maximum absolute atomic E-state index is 13.5. The highest BCUT2D eigenvalue weighted by atomic mass is 32.2. The molecule has 1 heterocycles. The summed E-state index contributed by atoms with van der Waals surface area (Å²) in [6.07, 6.45) is -0.436. The van der Waals surface area contributed by atoms with Crippen LogP contribution in [0.3, 0.4) is 0 Å². The standard InChI is InChI=1S/C26H30N4O8S3/c1-17(2)40(33,34)16-24-27-23(15-39-24)21(13-19-9-11-20(12-10-19)30-41(35,36)37)28-25(31)22(29-26(32)38-3)14-18-7-5-4-6-8-18/h4-12,15,21-22,30H,1,13-14,16H2,2-3H3,(H,28,31)(H,29,32)(H,35,36,37)/t21-,22-/m0/s1. The molecule has 2 amide bonds. The van der Waals surface area contributed by atoms with Gasteiger partial charge >= 0.3 is 16.4 Å². The Morgan fingerprint density at radius 2 is 1.63 bits per heavy atom. The molecule has 2 atom stereocenters. The highest BCUT2D eigenvalue weighted by molar-refractivity contribution is 7.94. The summed E-state index contributed by atoms with van der Waals surface area (Å²) in [7, 11) is -6.87. The van der Waals surface area contributed by atoms with Gasteiger partial charge in [-0.1, -0.05) is 49.0 Å². The number of nitrogens with zero attached hydrogens (tertiary/aromatic N) is 1. The number of carbonyl (C=O) groups excluding carboxylic acids is 2. The van der Waals surface area contributed by atoms with E-state index in [0.717, 1.165) is 16.9 Å². The fraction of sp³-hybridized carbons (Fsp3) is 0.269. The number of rotatable bonds is 13. The largest absolute Gasteiger partial charge is 0.453 e. The first-order chi connectivity index (χ1) is 19.3. The van der Waals surface area contributed by atoms with Crippen LogP contribution in [-0.4, -0.2) is 51.5 Å². The molecule has 41 heavy (non-hydrogen) atoms. The van der Waals surface area contributed by atoms with Gasteiger partial charge in [0.25, 0.3) is 0 Å². The average Bonchev–Trinajstić information content (AvgIpc) is 3.36. The fourth-order valence-corrected chi connectivity index (χ4v) is 6.13. The molecular weight excluding hydrogens is 593 g/mol. The first-order valence-corrected chi connectivity index (χ1v) is 16.1. The van der Waals surface area contributed by atoms with Crippen LogP contribution < -0.4 is 15.4 Å². The maximum Gasteiger partial charge on any atom is 0.407 e. The lowest BCUT2D eigenvalue weighted by Crippen LogP contribution is -2.49. The third-order valence-corrected chi connectivity index (χ3v) is 9.06. The van der Waals surface area contributed by atoms with E-state index in [0.29, 0.717) is 16.3 Å². The van der Waals surface area contributed by atoms with Gasteiger partial charge in [-0.05, 0) is 36.6 Å². The fourth-order valence-electron chi connectivity index (χ4n) is 3.69. The van der Waals surface area contributed by atoms with Crippen molar-refractivity contribution in [1.82, 2.24) is 15.6 Å². The minimum atomic E-state index is -4.45. The Kier molecular flexibility index (Phi) is 10.6. The van der Waals surface area contributed by atoms with Crippen molar-refractivity contribution >= 4 is 49.2 Å². The molecule has 0 aliphatic carbocycles. The van der Waals surface area contributed by atoms with Gasteiger partial charge in [-0.15, -0.1) is 11.3 Å². The summed E-state index contributed by atoms with van der Waals surface area (Å²) in [6, 6.07) is 13.4. The Morgan fingerprint density at radius 3 is 2.22 bits per heavy atom. The van der Waals surface area contributed by atoms with Gasteiger partial charge in [0.1, 0.15) is 16.8 Å². The Morgan fingerprint density at radius 1 is 1.00 bits per heavy atom. The number of ether oxygens (including phenoxy) is 1. The SMILES string of the molecule is C=C(C)S(=O)(=O)Cc1nc([C@H](Cc2ccc(NS(=O)(=O)O)cc2)NC(=O)[C@H](Cc2ccccc2)NC(=O)OC)cs1. The first kappa shape index (κ1) is 31.7. The van der Waals surface area contributed by atoms with Crippen LogP contribution in [0.5, 0.6) is 0 Å². The van der Waals surface area contributed by atoms with E-state index in [9.17, 15) is 26.4 Å². The summed E-state index contributed by atoms with van der Waals surface area (Å²) in [6.45, 7) is 4.90. The number of allylic oxidation sites excluding steroid dienone is 1. The second-order valence-electron chi connectivity index (χ2n) is 9.04. The van der Waals surface area contributed by atoms with E-state index in [1.807, 2.05) is 35.1 Å². The molecule has 0 aliphatic rings. The molecular formula is C26H30N4O8S3. The summed E-state index contributed by atoms with van der Waals surface area (Å²) in [5.41, 5.74) is 1.99. The zero-order chi connectivity index (χ0) is 30.2. The highest BCUT2D eigenvalue weighted by Gasteiger charge is 2.27. The molecule has 15 heteroatoms. The van der Waals surface area contributed by atoms with E-state index in [4.69, 9.17) is 9.29 Å². The second-order valence-corrected chi connectivity index (χ2v) is 13.4. The van der Waals surface area contributed by atoms with Gasteiger partial charge in [-0.2, -0.15) is 8.42 Å². The van der Waals surface area contributed by atoms with Crippen LogP contribution in [-0.2, 0) is 48.3 Å². The van der Waals surface area contributed by atoms with Crippen LogP contribution in [0.25, 0.3) is 0 Å². The minimum absolute atomic E-state index is 0.00957. The average molecular weight is 623 g/mol. The molecule has 4 N–H and O–H groups in total. The molecule has 0 radical (unpaired) electrons. The van der Waals surface area contributed by atoms with Crippen LogP contribution in [0.2, 0.25) is 0 Å². The summed E-state index contributed by atoms with van der Waals surface area (Å²) in [5.74, 6) is -0.873. The van der Waals surface area contributed by atoms with Crippen LogP contribution in [0, 0.1) is 0 Å². The van der Waals surface area contributed by atoms with Crippen molar-refractivity contribution in [3.8, 4) is 0 Å². The summed E-state index contributed by atoms with van der Waals surface area (Å²) < 4.78 is 62.6. The lowest BCUT2D eigenvalue weighted by atomic mass is 10.0. The summed E-state index contributed by atoms with van der Waals surface area (Å²) >= 11 is 1.12. The Balaban J connectivity index is 1.90. The maximum atomic E-state index is 13.5. The van der Waals surface area contributed by atoms with Crippen LogP contribution in [0.15, 0.2) is 71.5 Å². The smallest absolute Gasteiger partial charge is 0.407 e. The second kappa shape index (κ2) is 13.7. The summed E-state index contributed by atoms with van der Waals surface area (Å²) in [4.78, 5) is 30.0. The van der Waals surface area contributed by atoms with Crippen LogP contribution in [0.1, 0.15) is 34.8 Å². The zero-order valence-corrected chi connectivity index (χ0v) is 24.7. The monoisotopic (exact) mass is 622 g/mol. The lowest BCUT2D eigenvalue weighted by Gasteiger charge is -2.23. The van der Waals surface area contributed by atoms with Crippen molar-refractivity contribution < 1.29 is 35.7 Å². The number of anilines is 1. The number of alkyl carbamates (subject to hydrolysis) is 1. The van der Waals surface area contributed by atoms with E-state index in [1.54, 1.807) is 17.5 Å². The van der Waals surface area contributed by atoms with Crippen molar-refractivity contribution in [1.29, 1.82) is 0 Å². The molecule has 0 saturated heterocycles.